The number of benzene rings is 2. The standard InChI is InChI=1S/C20H22IN3O2/c1-24(13-19(25)22-18-4-2-3-16(21)11-18)12-14-5-7-15(8-6-14)20(26)23-17-9-10-17/h2-8,11,17H,9-10,12-13H2,1H3,(H,22,25)(H,23,26). The molecule has 0 saturated heterocycles. The molecular weight excluding hydrogens is 441 g/mol. The largest absolute Gasteiger partial charge is 0.349 e. The van der Waals surface area contributed by atoms with Gasteiger partial charge in [-0.1, -0.05) is 18.2 Å². The minimum Gasteiger partial charge on any atom is -0.349 e. The maximum absolute atomic E-state index is 12.2. The number of nitrogens with one attached hydrogen (secondary N) is 2. The van der Waals surface area contributed by atoms with Crippen molar-refractivity contribution in [1.29, 1.82) is 0 Å². The van der Waals surface area contributed by atoms with Gasteiger partial charge in [-0.2, -0.15) is 0 Å². The number of carbonyl (C=O) groups excluding carboxylic acids is 2. The molecule has 0 heterocycles. The lowest BCUT2D eigenvalue weighted by molar-refractivity contribution is -0.117. The molecule has 5 nitrogen and oxygen atoms in total. The van der Waals surface area contributed by atoms with E-state index in [9.17, 15) is 9.59 Å². The zero-order chi connectivity index (χ0) is 18.5. The zero-order valence-corrected chi connectivity index (χ0v) is 16.8. The molecule has 0 unspecified atom stereocenters. The predicted octanol–water partition coefficient (Wildman–Crippen LogP) is 3.25. The minimum absolute atomic E-state index is 0.00993. The van der Waals surface area contributed by atoms with Gasteiger partial charge < -0.3 is 10.6 Å². The van der Waals surface area contributed by atoms with Crippen LogP contribution in [0.3, 0.4) is 0 Å². The second-order valence-electron chi connectivity index (χ2n) is 6.68. The molecule has 136 valence electrons. The second-order valence-corrected chi connectivity index (χ2v) is 7.92. The van der Waals surface area contributed by atoms with Gasteiger partial charge >= 0.3 is 0 Å². The van der Waals surface area contributed by atoms with Crippen LogP contribution in [0.1, 0.15) is 28.8 Å². The van der Waals surface area contributed by atoms with Gasteiger partial charge in [0.2, 0.25) is 5.91 Å². The number of nitrogens with zero attached hydrogens (tertiary/aromatic N) is 1. The van der Waals surface area contributed by atoms with E-state index in [1.54, 1.807) is 0 Å². The molecule has 1 aliphatic rings. The Labute approximate surface area is 167 Å². The number of carbonyl (C=O) groups is 2. The average molecular weight is 463 g/mol. The summed E-state index contributed by atoms with van der Waals surface area (Å²) in [6, 6.07) is 15.6. The van der Waals surface area contributed by atoms with Crippen molar-refractivity contribution in [2.24, 2.45) is 0 Å². The summed E-state index contributed by atoms with van der Waals surface area (Å²) in [4.78, 5) is 26.1. The first kappa shape index (κ1) is 18.8. The van der Waals surface area contributed by atoms with Gasteiger partial charge in [-0.25, -0.2) is 0 Å². The van der Waals surface area contributed by atoms with Crippen LogP contribution in [-0.4, -0.2) is 36.3 Å². The van der Waals surface area contributed by atoms with E-state index in [0.717, 1.165) is 27.7 Å². The second kappa shape index (κ2) is 8.64. The van der Waals surface area contributed by atoms with E-state index in [1.165, 1.54) is 0 Å². The predicted molar refractivity (Wildman–Crippen MR) is 111 cm³/mol. The highest BCUT2D eigenvalue weighted by molar-refractivity contribution is 14.1. The summed E-state index contributed by atoms with van der Waals surface area (Å²) >= 11 is 2.22. The topological polar surface area (TPSA) is 61.4 Å². The summed E-state index contributed by atoms with van der Waals surface area (Å²) in [5.41, 5.74) is 2.55. The first-order chi connectivity index (χ1) is 12.5. The first-order valence-electron chi connectivity index (χ1n) is 8.63. The first-order valence-corrected chi connectivity index (χ1v) is 9.71. The van der Waals surface area contributed by atoms with Gasteiger partial charge in [-0.05, 0) is 78.4 Å². The Morgan fingerprint density at radius 2 is 1.88 bits per heavy atom. The van der Waals surface area contributed by atoms with Crippen LogP contribution in [0.5, 0.6) is 0 Å². The quantitative estimate of drug-likeness (QED) is 0.620. The highest BCUT2D eigenvalue weighted by Gasteiger charge is 2.23. The van der Waals surface area contributed by atoms with Crippen molar-refractivity contribution < 1.29 is 9.59 Å². The van der Waals surface area contributed by atoms with E-state index in [1.807, 2.05) is 60.5 Å². The van der Waals surface area contributed by atoms with Crippen LogP contribution < -0.4 is 10.6 Å². The molecule has 0 radical (unpaired) electrons. The van der Waals surface area contributed by atoms with E-state index < -0.39 is 0 Å². The fourth-order valence-electron chi connectivity index (χ4n) is 2.64. The molecule has 2 aromatic carbocycles. The van der Waals surface area contributed by atoms with Crippen molar-refractivity contribution in [2.45, 2.75) is 25.4 Å². The summed E-state index contributed by atoms with van der Waals surface area (Å²) in [5, 5.41) is 5.89. The van der Waals surface area contributed by atoms with Crippen molar-refractivity contribution in [1.82, 2.24) is 10.2 Å². The Morgan fingerprint density at radius 1 is 1.15 bits per heavy atom. The van der Waals surface area contributed by atoms with Gasteiger partial charge in [0, 0.05) is 27.4 Å². The lowest BCUT2D eigenvalue weighted by atomic mass is 10.1. The fraction of sp³-hybridized carbons (Fsp3) is 0.300. The highest BCUT2D eigenvalue weighted by Crippen LogP contribution is 2.19. The molecule has 3 rings (SSSR count). The third-order valence-corrected chi connectivity index (χ3v) is 4.77. The van der Waals surface area contributed by atoms with E-state index in [-0.39, 0.29) is 11.8 Å². The molecular formula is C20H22IN3O2. The molecule has 0 spiro atoms. The normalized spacial score (nSPS) is 13.5. The number of anilines is 1. The van der Waals surface area contributed by atoms with Crippen LogP contribution in [0.25, 0.3) is 0 Å². The summed E-state index contributed by atoms with van der Waals surface area (Å²) in [7, 11) is 1.90. The smallest absolute Gasteiger partial charge is 0.251 e. The molecule has 0 atom stereocenters. The molecule has 6 heteroatoms. The van der Waals surface area contributed by atoms with Gasteiger partial charge in [-0.15, -0.1) is 0 Å². The lowest BCUT2D eigenvalue weighted by Gasteiger charge is -2.16. The molecule has 2 N–H and O–H groups in total. The van der Waals surface area contributed by atoms with E-state index in [2.05, 4.69) is 33.2 Å². The monoisotopic (exact) mass is 463 g/mol. The van der Waals surface area contributed by atoms with Gasteiger partial charge in [0.1, 0.15) is 0 Å². The van der Waals surface area contributed by atoms with E-state index in [0.29, 0.717) is 24.7 Å². The van der Waals surface area contributed by atoms with E-state index in [4.69, 9.17) is 0 Å². The summed E-state index contributed by atoms with van der Waals surface area (Å²) in [6.07, 6.45) is 2.16. The molecule has 26 heavy (non-hydrogen) atoms. The third kappa shape index (κ3) is 5.81. The fourth-order valence-corrected chi connectivity index (χ4v) is 3.18. The summed E-state index contributed by atoms with van der Waals surface area (Å²) in [6.45, 7) is 0.944. The Hall–Kier alpha value is -1.93. The molecule has 0 bridgehead atoms. The van der Waals surface area contributed by atoms with Gasteiger partial charge in [0.15, 0.2) is 0 Å². The Bertz CT molecular complexity index is 788. The number of amides is 2. The minimum atomic E-state index is -0.0464. The lowest BCUT2D eigenvalue weighted by Crippen LogP contribution is -2.30. The Kier molecular flexibility index (Phi) is 6.26. The summed E-state index contributed by atoms with van der Waals surface area (Å²) < 4.78 is 1.08. The van der Waals surface area contributed by atoms with Crippen LogP contribution in [0, 0.1) is 3.57 Å². The molecule has 2 aromatic rings. The van der Waals surface area contributed by atoms with Gasteiger partial charge in [0.05, 0.1) is 6.54 Å². The van der Waals surface area contributed by atoms with Crippen molar-refractivity contribution >= 4 is 40.1 Å². The average Bonchev–Trinajstić information content (AvgIpc) is 3.39. The maximum Gasteiger partial charge on any atom is 0.251 e. The molecule has 1 aliphatic carbocycles. The van der Waals surface area contributed by atoms with Crippen LogP contribution in [0.4, 0.5) is 5.69 Å². The van der Waals surface area contributed by atoms with Crippen LogP contribution >= 0.6 is 22.6 Å². The molecule has 0 aromatic heterocycles. The van der Waals surface area contributed by atoms with Crippen molar-refractivity contribution in [3.8, 4) is 0 Å². The zero-order valence-electron chi connectivity index (χ0n) is 14.7. The van der Waals surface area contributed by atoms with Crippen molar-refractivity contribution in [2.75, 3.05) is 18.9 Å². The number of hydrogen-bond acceptors (Lipinski definition) is 3. The van der Waals surface area contributed by atoms with Gasteiger partial charge in [0.25, 0.3) is 5.91 Å². The molecule has 1 fully saturated rings. The molecule has 0 aliphatic heterocycles. The van der Waals surface area contributed by atoms with Crippen LogP contribution in [0.2, 0.25) is 0 Å². The van der Waals surface area contributed by atoms with Crippen LogP contribution in [0.15, 0.2) is 48.5 Å². The van der Waals surface area contributed by atoms with Crippen molar-refractivity contribution in [3.05, 3.63) is 63.2 Å². The highest BCUT2D eigenvalue weighted by atomic mass is 127. The Morgan fingerprint density at radius 3 is 2.54 bits per heavy atom. The SMILES string of the molecule is CN(CC(=O)Nc1cccc(I)c1)Cc1ccc(C(=O)NC2CC2)cc1. The van der Waals surface area contributed by atoms with Crippen molar-refractivity contribution in [3.63, 3.8) is 0 Å². The number of rotatable bonds is 7. The molecule has 2 amide bonds. The number of halogens is 1. The van der Waals surface area contributed by atoms with Gasteiger partial charge in [-0.3, -0.25) is 14.5 Å². The number of hydrogen-bond donors (Lipinski definition) is 2. The maximum atomic E-state index is 12.2. The third-order valence-electron chi connectivity index (χ3n) is 4.10. The molecule has 1 saturated carbocycles. The summed E-state index contributed by atoms with van der Waals surface area (Å²) in [5.74, 6) is -0.0563. The Balaban J connectivity index is 1.48. The number of likely N-dealkylation sites (N-methyl/N-ethyl adjacent to an activating group) is 1. The van der Waals surface area contributed by atoms with E-state index >= 15 is 0 Å². The van der Waals surface area contributed by atoms with Crippen LogP contribution in [-0.2, 0) is 11.3 Å².